The first-order chi connectivity index (χ1) is 8.35. The third-order valence-electron chi connectivity index (χ3n) is 3.67. The minimum Gasteiger partial charge on any atom is -0.370 e. The fourth-order valence-corrected chi connectivity index (χ4v) is 2.92. The van der Waals surface area contributed by atoms with Crippen LogP contribution in [-0.4, -0.2) is 31.4 Å². The SMILES string of the molecule is CSc1ccc(N2CCC(NC3CC3)C2)cc1. The van der Waals surface area contributed by atoms with Crippen LogP contribution in [0.15, 0.2) is 29.2 Å². The molecular formula is C14H20N2S. The van der Waals surface area contributed by atoms with Crippen molar-refractivity contribution in [2.45, 2.75) is 36.2 Å². The highest BCUT2D eigenvalue weighted by Crippen LogP contribution is 2.26. The standard InChI is InChI=1S/C14H20N2S/c1-17-14-6-4-13(5-7-14)16-9-8-12(10-16)15-11-2-3-11/h4-7,11-12,15H,2-3,8-10H2,1H3. The van der Waals surface area contributed by atoms with Crippen LogP contribution in [0.5, 0.6) is 0 Å². The van der Waals surface area contributed by atoms with E-state index in [1.807, 2.05) is 0 Å². The van der Waals surface area contributed by atoms with E-state index in [9.17, 15) is 0 Å². The van der Waals surface area contributed by atoms with Crippen molar-refractivity contribution in [1.29, 1.82) is 0 Å². The van der Waals surface area contributed by atoms with Crippen LogP contribution in [-0.2, 0) is 0 Å². The zero-order chi connectivity index (χ0) is 11.7. The molecule has 0 bridgehead atoms. The van der Waals surface area contributed by atoms with Crippen LogP contribution in [0, 0.1) is 0 Å². The Bertz CT molecular complexity index is 372. The van der Waals surface area contributed by atoms with E-state index in [1.54, 1.807) is 11.8 Å². The summed E-state index contributed by atoms with van der Waals surface area (Å²) in [5.74, 6) is 0. The Labute approximate surface area is 108 Å². The Morgan fingerprint density at radius 2 is 1.88 bits per heavy atom. The van der Waals surface area contributed by atoms with Gasteiger partial charge in [-0.05, 0) is 49.8 Å². The third kappa shape index (κ3) is 2.78. The molecule has 17 heavy (non-hydrogen) atoms. The van der Waals surface area contributed by atoms with Crippen LogP contribution in [0.4, 0.5) is 5.69 Å². The molecule has 92 valence electrons. The topological polar surface area (TPSA) is 15.3 Å². The van der Waals surface area contributed by atoms with Gasteiger partial charge < -0.3 is 10.2 Å². The lowest BCUT2D eigenvalue weighted by Gasteiger charge is -2.19. The van der Waals surface area contributed by atoms with Crippen LogP contribution in [0.25, 0.3) is 0 Å². The van der Waals surface area contributed by atoms with Gasteiger partial charge in [0, 0.05) is 35.8 Å². The van der Waals surface area contributed by atoms with E-state index in [-0.39, 0.29) is 0 Å². The molecule has 0 spiro atoms. The predicted octanol–water partition coefficient (Wildman–Crippen LogP) is 2.74. The molecule has 2 nitrogen and oxygen atoms in total. The predicted molar refractivity (Wildman–Crippen MR) is 75.0 cm³/mol. The van der Waals surface area contributed by atoms with Crippen molar-refractivity contribution < 1.29 is 0 Å². The molecule has 2 aliphatic rings. The Kier molecular flexibility index (Phi) is 3.30. The number of benzene rings is 1. The summed E-state index contributed by atoms with van der Waals surface area (Å²) in [4.78, 5) is 3.85. The van der Waals surface area contributed by atoms with E-state index < -0.39 is 0 Å². The quantitative estimate of drug-likeness (QED) is 0.825. The van der Waals surface area contributed by atoms with Crippen LogP contribution in [0.3, 0.4) is 0 Å². The number of nitrogens with one attached hydrogen (secondary N) is 1. The first-order valence-corrected chi connectivity index (χ1v) is 7.72. The van der Waals surface area contributed by atoms with Gasteiger partial charge in [-0.15, -0.1) is 11.8 Å². The lowest BCUT2D eigenvalue weighted by Crippen LogP contribution is -2.33. The summed E-state index contributed by atoms with van der Waals surface area (Å²) in [5.41, 5.74) is 1.38. The van der Waals surface area contributed by atoms with E-state index >= 15 is 0 Å². The molecule has 1 saturated carbocycles. The Morgan fingerprint density at radius 3 is 2.53 bits per heavy atom. The van der Waals surface area contributed by atoms with Gasteiger partial charge in [0.2, 0.25) is 0 Å². The normalized spacial score (nSPS) is 24.3. The molecule has 1 saturated heterocycles. The van der Waals surface area contributed by atoms with Gasteiger partial charge in [-0.2, -0.15) is 0 Å². The van der Waals surface area contributed by atoms with E-state index in [2.05, 4.69) is 40.7 Å². The fraction of sp³-hybridized carbons (Fsp3) is 0.571. The van der Waals surface area contributed by atoms with Gasteiger partial charge in [0.15, 0.2) is 0 Å². The average molecular weight is 248 g/mol. The highest BCUT2D eigenvalue weighted by Gasteiger charge is 2.29. The van der Waals surface area contributed by atoms with Crippen LogP contribution < -0.4 is 10.2 Å². The maximum absolute atomic E-state index is 3.73. The molecule has 0 amide bonds. The van der Waals surface area contributed by atoms with Gasteiger partial charge in [-0.25, -0.2) is 0 Å². The second-order valence-corrected chi connectivity index (χ2v) is 5.95. The Balaban J connectivity index is 1.60. The van der Waals surface area contributed by atoms with E-state index in [4.69, 9.17) is 0 Å². The molecule has 2 fully saturated rings. The molecule has 0 radical (unpaired) electrons. The summed E-state index contributed by atoms with van der Waals surface area (Å²) in [7, 11) is 0. The number of anilines is 1. The number of hydrogen-bond acceptors (Lipinski definition) is 3. The summed E-state index contributed by atoms with van der Waals surface area (Å²) >= 11 is 1.81. The summed E-state index contributed by atoms with van der Waals surface area (Å²) in [6, 6.07) is 10.5. The first-order valence-electron chi connectivity index (χ1n) is 6.50. The minimum absolute atomic E-state index is 0.711. The van der Waals surface area contributed by atoms with Crippen LogP contribution in [0.2, 0.25) is 0 Å². The summed E-state index contributed by atoms with van der Waals surface area (Å²) < 4.78 is 0. The molecule has 1 unspecified atom stereocenters. The highest BCUT2D eigenvalue weighted by atomic mass is 32.2. The van der Waals surface area contributed by atoms with Gasteiger partial charge in [0.05, 0.1) is 0 Å². The van der Waals surface area contributed by atoms with E-state index in [0.717, 1.165) is 6.04 Å². The molecule has 1 atom stereocenters. The van der Waals surface area contributed by atoms with Gasteiger partial charge >= 0.3 is 0 Å². The highest BCUT2D eigenvalue weighted by molar-refractivity contribution is 7.98. The fourth-order valence-electron chi connectivity index (χ4n) is 2.51. The number of rotatable bonds is 4. The second kappa shape index (κ2) is 4.91. The third-order valence-corrected chi connectivity index (χ3v) is 4.42. The van der Waals surface area contributed by atoms with Crippen molar-refractivity contribution in [3.63, 3.8) is 0 Å². The number of nitrogens with zero attached hydrogens (tertiary/aromatic N) is 1. The average Bonchev–Trinajstić information content (AvgIpc) is 3.06. The zero-order valence-corrected chi connectivity index (χ0v) is 11.2. The molecule has 3 rings (SSSR count). The Hall–Kier alpha value is -0.670. The Morgan fingerprint density at radius 1 is 1.12 bits per heavy atom. The largest absolute Gasteiger partial charge is 0.370 e. The molecule has 3 heteroatoms. The number of thioether (sulfide) groups is 1. The summed E-state index contributed by atoms with van der Waals surface area (Å²) in [6.45, 7) is 2.37. The molecule has 1 N–H and O–H groups in total. The van der Waals surface area contributed by atoms with Crippen molar-refractivity contribution in [2.75, 3.05) is 24.2 Å². The lowest BCUT2D eigenvalue weighted by molar-refractivity contribution is 0.548. The minimum atomic E-state index is 0.711. The van der Waals surface area contributed by atoms with Crippen molar-refractivity contribution in [3.8, 4) is 0 Å². The zero-order valence-electron chi connectivity index (χ0n) is 10.4. The van der Waals surface area contributed by atoms with E-state index in [1.165, 1.54) is 42.9 Å². The molecule has 1 aromatic carbocycles. The maximum atomic E-state index is 3.73. The van der Waals surface area contributed by atoms with Crippen molar-refractivity contribution >= 4 is 17.4 Å². The van der Waals surface area contributed by atoms with E-state index in [0.29, 0.717) is 6.04 Å². The molecular weight excluding hydrogens is 228 g/mol. The summed E-state index contributed by atoms with van der Waals surface area (Å²) in [5, 5.41) is 3.73. The maximum Gasteiger partial charge on any atom is 0.0367 e. The van der Waals surface area contributed by atoms with Gasteiger partial charge in [0.25, 0.3) is 0 Å². The monoisotopic (exact) mass is 248 g/mol. The van der Waals surface area contributed by atoms with Gasteiger partial charge in [0.1, 0.15) is 0 Å². The number of hydrogen-bond donors (Lipinski definition) is 1. The lowest BCUT2D eigenvalue weighted by atomic mass is 10.2. The van der Waals surface area contributed by atoms with Crippen LogP contribution in [0.1, 0.15) is 19.3 Å². The molecule has 1 aliphatic carbocycles. The van der Waals surface area contributed by atoms with Crippen molar-refractivity contribution in [3.05, 3.63) is 24.3 Å². The molecule has 0 aromatic heterocycles. The summed E-state index contributed by atoms with van der Waals surface area (Å²) in [6.07, 6.45) is 6.19. The molecule has 1 aliphatic heterocycles. The molecule has 1 aromatic rings. The molecule has 1 heterocycles. The van der Waals surface area contributed by atoms with Crippen molar-refractivity contribution in [2.24, 2.45) is 0 Å². The second-order valence-electron chi connectivity index (χ2n) is 5.07. The van der Waals surface area contributed by atoms with Gasteiger partial charge in [-0.3, -0.25) is 0 Å². The first kappa shape index (κ1) is 11.4. The van der Waals surface area contributed by atoms with Gasteiger partial charge in [-0.1, -0.05) is 0 Å². The smallest absolute Gasteiger partial charge is 0.0367 e. The van der Waals surface area contributed by atoms with Crippen LogP contribution >= 0.6 is 11.8 Å². The van der Waals surface area contributed by atoms with Crippen molar-refractivity contribution in [1.82, 2.24) is 5.32 Å².